The molecule has 0 aliphatic carbocycles. The lowest BCUT2D eigenvalue weighted by molar-refractivity contribution is -0.140. The van der Waals surface area contributed by atoms with Crippen LogP contribution in [0.25, 0.3) is 22.1 Å². The van der Waals surface area contributed by atoms with Crippen molar-refractivity contribution in [1.82, 2.24) is 30.2 Å². The van der Waals surface area contributed by atoms with Crippen molar-refractivity contribution in [2.24, 2.45) is 0 Å². The molecule has 5 aromatic rings. The normalized spacial score (nSPS) is 11.3. The van der Waals surface area contributed by atoms with E-state index in [1.165, 1.54) is 18.3 Å². The number of H-pyrrole nitrogens is 1. The molecule has 16 nitrogen and oxygen atoms in total. The minimum atomic E-state index is -1.31. The highest BCUT2D eigenvalue weighted by molar-refractivity contribution is 5.97. The van der Waals surface area contributed by atoms with Crippen molar-refractivity contribution >= 4 is 63.1 Å². The van der Waals surface area contributed by atoms with Gasteiger partial charge in [-0.05, 0) is 42.8 Å². The van der Waals surface area contributed by atoms with E-state index in [1.54, 1.807) is 12.1 Å². The third kappa shape index (κ3) is 7.90. The van der Waals surface area contributed by atoms with Gasteiger partial charge >= 0.3 is 11.9 Å². The average molecular weight is 601 g/mol. The molecule has 0 aliphatic heterocycles. The van der Waals surface area contributed by atoms with Crippen LogP contribution in [0.1, 0.15) is 28.9 Å². The Morgan fingerprint density at radius 1 is 0.955 bits per heavy atom. The van der Waals surface area contributed by atoms with E-state index in [0.29, 0.717) is 22.9 Å². The van der Waals surface area contributed by atoms with Crippen LogP contribution < -0.4 is 33.4 Å². The molecule has 0 spiro atoms. The third-order valence-corrected chi connectivity index (χ3v) is 6.14. The number of anilines is 4. The Bertz CT molecular complexity index is 1850. The van der Waals surface area contributed by atoms with Crippen LogP contribution in [0, 0.1) is 0 Å². The number of nitrogens with one attached hydrogen (secondary N) is 3. The van der Waals surface area contributed by atoms with Gasteiger partial charge in [-0.25, -0.2) is 19.7 Å². The maximum Gasteiger partial charge on any atom is 0.326 e. The molecule has 11 N–H and O–H groups in total. The van der Waals surface area contributed by atoms with Gasteiger partial charge in [0.25, 0.3) is 11.5 Å². The Labute approximate surface area is 248 Å². The minimum Gasteiger partial charge on any atom is -0.481 e. The quantitative estimate of drug-likeness (QED) is 0.119. The summed E-state index contributed by atoms with van der Waals surface area (Å²) < 4.78 is 0. The summed E-state index contributed by atoms with van der Waals surface area (Å²) in [6.45, 7) is 0.231. The van der Waals surface area contributed by atoms with Gasteiger partial charge in [-0.2, -0.15) is 4.98 Å². The molecule has 3 aromatic heterocycles. The topological polar surface area (TPSA) is 278 Å². The summed E-state index contributed by atoms with van der Waals surface area (Å²) in [6.07, 6.45) is 0.840. The lowest BCUT2D eigenvalue weighted by Gasteiger charge is -2.14. The number of pyridine rings is 1. The number of aliphatic carboxylic acids is 2. The second kappa shape index (κ2) is 13.6. The van der Waals surface area contributed by atoms with Crippen molar-refractivity contribution in [3.8, 4) is 0 Å². The molecule has 2 aromatic carbocycles. The second-order valence-corrected chi connectivity index (χ2v) is 9.37. The zero-order valence-corrected chi connectivity index (χ0v) is 23.0. The van der Waals surface area contributed by atoms with Gasteiger partial charge in [0, 0.05) is 23.1 Å². The summed E-state index contributed by atoms with van der Waals surface area (Å²) in [4.78, 5) is 64.7. The fourth-order valence-electron chi connectivity index (χ4n) is 3.90. The van der Waals surface area contributed by atoms with Gasteiger partial charge in [0.15, 0.2) is 11.2 Å². The number of para-hydroxylation sites is 1. The van der Waals surface area contributed by atoms with Gasteiger partial charge in [-0.15, -0.1) is 0 Å². The number of carboxylic acid groups (broad SMARTS) is 2. The van der Waals surface area contributed by atoms with Gasteiger partial charge in [-0.1, -0.05) is 18.2 Å². The number of amides is 1. The molecule has 1 unspecified atom stereocenters. The minimum absolute atomic E-state index is 0.0524. The Kier molecular flexibility index (Phi) is 9.44. The molecule has 0 aliphatic rings. The van der Waals surface area contributed by atoms with Gasteiger partial charge in [0.2, 0.25) is 5.95 Å². The molecule has 0 radical (unpaired) electrons. The zero-order chi connectivity index (χ0) is 31.8. The molecule has 44 heavy (non-hydrogen) atoms. The number of rotatable bonds is 9. The molecular weight excluding hydrogens is 572 g/mol. The molecule has 0 saturated heterocycles. The first-order valence-electron chi connectivity index (χ1n) is 13.0. The van der Waals surface area contributed by atoms with Gasteiger partial charge in [0.1, 0.15) is 11.9 Å². The number of nitrogens with zero attached hydrogens (tertiary/aromatic N) is 4. The van der Waals surface area contributed by atoms with E-state index in [9.17, 15) is 19.2 Å². The molecule has 0 fully saturated rings. The molecule has 1 atom stereocenters. The van der Waals surface area contributed by atoms with Gasteiger partial charge < -0.3 is 38.0 Å². The molecule has 3 heterocycles. The Morgan fingerprint density at radius 2 is 1.68 bits per heavy atom. The summed E-state index contributed by atoms with van der Waals surface area (Å²) >= 11 is 0. The van der Waals surface area contributed by atoms with Crippen LogP contribution in [0.5, 0.6) is 0 Å². The zero-order valence-electron chi connectivity index (χ0n) is 23.0. The fourth-order valence-corrected chi connectivity index (χ4v) is 3.90. The number of aromatic amines is 1. The van der Waals surface area contributed by atoms with E-state index in [1.807, 2.05) is 30.3 Å². The molecular formula is C28H28N10O6. The maximum absolute atomic E-state index is 12.3. The van der Waals surface area contributed by atoms with E-state index in [0.717, 1.165) is 10.9 Å². The highest BCUT2D eigenvalue weighted by Gasteiger charge is 2.21. The number of benzene rings is 2. The van der Waals surface area contributed by atoms with E-state index < -0.39 is 29.4 Å². The van der Waals surface area contributed by atoms with E-state index in [2.05, 4.69) is 35.6 Å². The van der Waals surface area contributed by atoms with Crippen molar-refractivity contribution < 1.29 is 24.6 Å². The predicted molar refractivity (Wildman–Crippen MR) is 162 cm³/mol. The molecule has 0 bridgehead atoms. The highest BCUT2D eigenvalue weighted by Crippen LogP contribution is 2.19. The first-order chi connectivity index (χ1) is 21.0. The number of nitrogens with two attached hydrogens (primary N) is 3. The van der Waals surface area contributed by atoms with Crippen molar-refractivity contribution in [3.63, 3.8) is 0 Å². The predicted octanol–water partition coefficient (Wildman–Crippen LogP) is 1.35. The lowest BCUT2D eigenvalue weighted by Crippen LogP contribution is -2.41. The van der Waals surface area contributed by atoms with Crippen LogP contribution in [0.15, 0.2) is 65.6 Å². The Hall–Kier alpha value is -6.32. The van der Waals surface area contributed by atoms with Crippen molar-refractivity contribution in [1.29, 1.82) is 0 Å². The largest absolute Gasteiger partial charge is 0.481 e. The molecule has 226 valence electrons. The number of carboxylic acids is 2. The van der Waals surface area contributed by atoms with E-state index >= 15 is 0 Å². The number of hydrogen-bond acceptors (Lipinski definition) is 12. The van der Waals surface area contributed by atoms with E-state index in [-0.39, 0.29) is 42.1 Å². The Morgan fingerprint density at radius 3 is 2.39 bits per heavy atom. The summed E-state index contributed by atoms with van der Waals surface area (Å²) in [5, 5.41) is 24.2. The number of carbonyl (C=O) groups is 3. The first kappa shape index (κ1) is 30.6. The molecule has 1 amide bonds. The monoisotopic (exact) mass is 600 g/mol. The Balaban J connectivity index is 0.000000305. The maximum atomic E-state index is 12.3. The summed E-state index contributed by atoms with van der Waals surface area (Å²) in [6, 6.07) is 14.4. The number of carbonyl (C=O) groups excluding carboxylic acids is 1. The summed E-state index contributed by atoms with van der Waals surface area (Å²) in [5.41, 5.74) is 19.0. The fraction of sp³-hybridized carbons (Fsp3) is 0.143. The van der Waals surface area contributed by atoms with Crippen LogP contribution >= 0.6 is 0 Å². The van der Waals surface area contributed by atoms with Crippen LogP contribution in [-0.2, 0) is 16.1 Å². The van der Waals surface area contributed by atoms with Gasteiger partial charge in [-0.3, -0.25) is 19.4 Å². The van der Waals surface area contributed by atoms with Gasteiger partial charge in [0.05, 0.1) is 29.6 Å². The smallest absolute Gasteiger partial charge is 0.326 e. The number of hydrogen-bond donors (Lipinski definition) is 8. The second-order valence-electron chi connectivity index (χ2n) is 9.37. The third-order valence-electron chi connectivity index (χ3n) is 6.14. The lowest BCUT2D eigenvalue weighted by atomic mass is 10.1. The molecule has 16 heteroatoms. The molecule has 5 rings (SSSR count). The van der Waals surface area contributed by atoms with Crippen LogP contribution in [-0.4, -0.2) is 59.0 Å². The van der Waals surface area contributed by atoms with Crippen molar-refractivity contribution in [2.75, 3.05) is 22.5 Å². The van der Waals surface area contributed by atoms with Crippen molar-refractivity contribution in [2.45, 2.75) is 25.4 Å². The number of aromatic nitrogens is 5. The molecule has 0 saturated carbocycles. The highest BCUT2D eigenvalue weighted by atomic mass is 16.4. The summed E-state index contributed by atoms with van der Waals surface area (Å²) in [5.74, 6) is -2.76. The van der Waals surface area contributed by atoms with Crippen LogP contribution in [0.2, 0.25) is 0 Å². The number of fused-ring (bicyclic) bond motifs is 2. The standard InChI is InChI=1S/C19H19N7O6.C9H9N3/c20-19-25-15-14(17(30)26-19)23-11(8-22-15)7-21-10-3-1-9(2-4-10)16(29)24-12(18(31)32)5-6-13(27)28;10-7-5-6-3-1-2-4-8(6)12-9(7)11/h1-4,8,12,21H,5-7H2,(H,24,29)(H,27,28)(H,31,32)(H3,20,22,25,26,30);1-5H,10H2,(H2,11,12). The van der Waals surface area contributed by atoms with Crippen molar-refractivity contribution in [3.05, 3.63) is 82.4 Å². The SMILES string of the molecule is Nc1cc2ccccc2nc1N.Nc1nc2ncc(CNc3ccc(C(=O)NC(CCC(=O)O)C(=O)O)cc3)nc2c(=O)[nH]1. The average Bonchev–Trinajstić information content (AvgIpc) is 2.99. The van der Waals surface area contributed by atoms with Crippen LogP contribution in [0.4, 0.5) is 23.1 Å². The number of nitrogen functional groups attached to an aromatic ring is 3. The first-order valence-corrected chi connectivity index (χ1v) is 13.0. The van der Waals surface area contributed by atoms with Crippen LogP contribution in [0.3, 0.4) is 0 Å². The summed E-state index contributed by atoms with van der Waals surface area (Å²) in [7, 11) is 0. The van der Waals surface area contributed by atoms with E-state index in [4.69, 9.17) is 27.4 Å².